The Bertz CT molecular complexity index is 736. The lowest BCUT2D eigenvalue weighted by Gasteiger charge is -2.29. The van der Waals surface area contributed by atoms with Gasteiger partial charge in [0.2, 0.25) is 11.8 Å². The first-order valence-electron chi connectivity index (χ1n) is 9.85. The van der Waals surface area contributed by atoms with Crippen molar-refractivity contribution in [2.75, 3.05) is 26.3 Å². The quantitative estimate of drug-likeness (QED) is 0.738. The summed E-state index contributed by atoms with van der Waals surface area (Å²) in [7, 11) is 0. The molecule has 0 unspecified atom stereocenters. The van der Waals surface area contributed by atoms with Gasteiger partial charge in [0, 0.05) is 13.1 Å². The summed E-state index contributed by atoms with van der Waals surface area (Å²) in [5.74, 6) is -0.206. The van der Waals surface area contributed by atoms with Gasteiger partial charge in [-0.1, -0.05) is 0 Å². The van der Waals surface area contributed by atoms with E-state index in [1.165, 1.54) is 6.26 Å². The van der Waals surface area contributed by atoms with E-state index in [2.05, 4.69) is 10.6 Å². The molecule has 2 heterocycles. The summed E-state index contributed by atoms with van der Waals surface area (Å²) >= 11 is 0. The molecule has 2 aliphatic rings. The monoisotopic (exact) mass is 407 g/mol. The number of nitrogens with one attached hydrogen (secondary N) is 2. The van der Waals surface area contributed by atoms with Crippen molar-refractivity contribution in [1.82, 2.24) is 15.5 Å². The van der Waals surface area contributed by atoms with Crippen LogP contribution in [0.4, 0.5) is 4.79 Å². The molecule has 1 aromatic heterocycles. The maximum absolute atomic E-state index is 12.8. The highest BCUT2D eigenvalue weighted by molar-refractivity contribution is 5.88. The summed E-state index contributed by atoms with van der Waals surface area (Å²) in [4.78, 5) is 39.5. The first kappa shape index (κ1) is 21.2. The third-order valence-corrected chi connectivity index (χ3v) is 4.99. The van der Waals surface area contributed by atoms with E-state index in [4.69, 9.17) is 13.9 Å². The maximum Gasteiger partial charge on any atom is 0.408 e. The van der Waals surface area contributed by atoms with E-state index in [9.17, 15) is 14.4 Å². The molecule has 1 aliphatic carbocycles. The van der Waals surface area contributed by atoms with Gasteiger partial charge in [-0.15, -0.1) is 0 Å². The van der Waals surface area contributed by atoms with Crippen molar-refractivity contribution in [3.63, 3.8) is 0 Å². The zero-order chi connectivity index (χ0) is 21.1. The number of nitrogens with zero attached hydrogens (tertiary/aromatic N) is 1. The van der Waals surface area contributed by atoms with Crippen molar-refractivity contribution in [3.8, 4) is 0 Å². The molecule has 2 fully saturated rings. The number of rotatable bonds is 6. The summed E-state index contributed by atoms with van der Waals surface area (Å²) in [6, 6.07) is 3.51. The summed E-state index contributed by atoms with van der Waals surface area (Å²) in [6.07, 6.45) is 1.33. The topological polar surface area (TPSA) is 110 Å². The van der Waals surface area contributed by atoms with Crippen molar-refractivity contribution < 1.29 is 28.3 Å². The highest BCUT2D eigenvalue weighted by atomic mass is 16.6. The van der Waals surface area contributed by atoms with Gasteiger partial charge >= 0.3 is 6.09 Å². The van der Waals surface area contributed by atoms with Crippen LogP contribution in [0.15, 0.2) is 22.8 Å². The average molecular weight is 407 g/mol. The van der Waals surface area contributed by atoms with Gasteiger partial charge in [-0.25, -0.2) is 4.79 Å². The number of hydrogen-bond donors (Lipinski definition) is 2. The zero-order valence-corrected chi connectivity index (χ0v) is 17.2. The number of furan rings is 1. The average Bonchev–Trinajstić information content (AvgIpc) is 3.09. The predicted molar refractivity (Wildman–Crippen MR) is 103 cm³/mol. The Hall–Kier alpha value is -2.55. The van der Waals surface area contributed by atoms with E-state index in [-0.39, 0.29) is 24.8 Å². The molecular weight excluding hydrogens is 378 g/mol. The Labute approximate surface area is 170 Å². The van der Waals surface area contributed by atoms with Crippen LogP contribution in [0.3, 0.4) is 0 Å². The van der Waals surface area contributed by atoms with Crippen LogP contribution in [-0.2, 0) is 25.6 Å². The third-order valence-electron chi connectivity index (χ3n) is 4.99. The molecule has 2 N–H and O–H groups in total. The van der Waals surface area contributed by atoms with Crippen LogP contribution in [0.2, 0.25) is 0 Å². The number of carbonyl (C=O) groups excluding carboxylic acids is 3. The second kappa shape index (κ2) is 8.44. The molecular formula is C20H29N3O6. The fraction of sp³-hybridized carbons (Fsp3) is 0.650. The van der Waals surface area contributed by atoms with Crippen molar-refractivity contribution >= 4 is 17.9 Å². The number of ether oxygens (including phenoxy) is 2. The van der Waals surface area contributed by atoms with Gasteiger partial charge in [-0.3, -0.25) is 9.59 Å². The molecule has 1 saturated heterocycles. The second-order valence-corrected chi connectivity index (χ2v) is 8.51. The van der Waals surface area contributed by atoms with E-state index in [1.807, 2.05) is 0 Å². The van der Waals surface area contributed by atoms with Crippen molar-refractivity contribution in [3.05, 3.63) is 24.2 Å². The van der Waals surface area contributed by atoms with Gasteiger partial charge in [-0.2, -0.15) is 0 Å². The van der Waals surface area contributed by atoms with Crippen molar-refractivity contribution in [2.45, 2.75) is 51.3 Å². The zero-order valence-electron chi connectivity index (χ0n) is 17.2. The molecule has 1 aliphatic heterocycles. The number of hydrogen-bond acceptors (Lipinski definition) is 6. The van der Waals surface area contributed by atoms with Gasteiger partial charge in [0.25, 0.3) is 0 Å². The fourth-order valence-electron chi connectivity index (χ4n) is 3.44. The first-order chi connectivity index (χ1) is 13.7. The Balaban J connectivity index is 1.64. The molecule has 0 aromatic carbocycles. The van der Waals surface area contributed by atoms with Gasteiger partial charge in [0.15, 0.2) is 0 Å². The number of amides is 3. The summed E-state index contributed by atoms with van der Waals surface area (Å²) in [5.41, 5.74) is -1.61. The Morgan fingerprint density at radius 2 is 2.00 bits per heavy atom. The smallest absolute Gasteiger partial charge is 0.408 e. The minimum absolute atomic E-state index is 0.0467. The third kappa shape index (κ3) is 5.72. The standard InChI is InChI=1S/C20H29N3O6/c1-19(2,3)29-18(26)22-20(12-16(24)23-6-9-27-10-7-23)11-15(20)17(25)21-13-14-5-4-8-28-14/h4-5,8,15H,6-7,9-13H2,1-3H3,(H,21,25)(H,22,26)/t15-,20-/m0/s1. The highest BCUT2D eigenvalue weighted by Gasteiger charge is 2.61. The molecule has 9 nitrogen and oxygen atoms in total. The minimum Gasteiger partial charge on any atom is -0.467 e. The lowest BCUT2D eigenvalue weighted by Crippen LogP contribution is -2.49. The highest BCUT2D eigenvalue weighted by Crippen LogP contribution is 2.47. The van der Waals surface area contributed by atoms with Crippen LogP contribution < -0.4 is 10.6 Å². The Morgan fingerprint density at radius 1 is 1.28 bits per heavy atom. The summed E-state index contributed by atoms with van der Waals surface area (Å²) in [5, 5.41) is 5.60. The Morgan fingerprint density at radius 3 is 2.62 bits per heavy atom. The molecule has 0 spiro atoms. The molecule has 1 saturated carbocycles. The van der Waals surface area contributed by atoms with Gasteiger partial charge in [0.1, 0.15) is 11.4 Å². The fourth-order valence-corrected chi connectivity index (χ4v) is 3.44. The SMILES string of the molecule is CC(C)(C)OC(=O)N[C@]1(CC(=O)N2CCOCC2)C[C@H]1C(=O)NCc1ccco1. The van der Waals surface area contributed by atoms with E-state index >= 15 is 0 Å². The molecule has 160 valence electrons. The van der Waals surface area contributed by atoms with Crippen LogP contribution in [-0.4, -0.2) is 60.3 Å². The lowest BCUT2D eigenvalue weighted by atomic mass is 10.1. The van der Waals surface area contributed by atoms with Crippen LogP contribution in [0.25, 0.3) is 0 Å². The molecule has 0 bridgehead atoms. The maximum atomic E-state index is 12.8. The van der Waals surface area contributed by atoms with Crippen LogP contribution >= 0.6 is 0 Å². The number of alkyl carbamates (subject to hydrolysis) is 1. The van der Waals surface area contributed by atoms with Crippen molar-refractivity contribution in [2.24, 2.45) is 5.92 Å². The van der Waals surface area contributed by atoms with Crippen LogP contribution in [0.1, 0.15) is 39.4 Å². The molecule has 3 amide bonds. The van der Waals surface area contributed by atoms with E-state index in [0.29, 0.717) is 38.5 Å². The van der Waals surface area contributed by atoms with Gasteiger partial charge in [0.05, 0.1) is 43.9 Å². The van der Waals surface area contributed by atoms with Crippen LogP contribution in [0.5, 0.6) is 0 Å². The van der Waals surface area contributed by atoms with E-state index in [1.54, 1.807) is 37.8 Å². The lowest BCUT2D eigenvalue weighted by molar-refractivity contribution is -0.136. The summed E-state index contributed by atoms with van der Waals surface area (Å²) < 4.78 is 15.9. The Kier molecular flexibility index (Phi) is 6.16. The first-order valence-corrected chi connectivity index (χ1v) is 9.85. The largest absolute Gasteiger partial charge is 0.467 e. The van der Waals surface area contributed by atoms with Crippen molar-refractivity contribution in [1.29, 1.82) is 0 Å². The van der Waals surface area contributed by atoms with E-state index in [0.717, 1.165) is 0 Å². The molecule has 9 heteroatoms. The minimum atomic E-state index is -0.940. The molecule has 29 heavy (non-hydrogen) atoms. The second-order valence-electron chi connectivity index (χ2n) is 8.51. The predicted octanol–water partition coefficient (Wildman–Crippen LogP) is 1.43. The normalized spacial score (nSPS) is 24.0. The van der Waals surface area contributed by atoms with Gasteiger partial charge < -0.3 is 29.4 Å². The molecule has 3 rings (SSSR count). The van der Waals surface area contributed by atoms with Gasteiger partial charge in [-0.05, 0) is 39.3 Å². The van der Waals surface area contributed by atoms with Crippen LogP contribution in [0, 0.1) is 5.92 Å². The van der Waals surface area contributed by atoms with E-state index < -0.39 is 23.2 Å². The summed E-state index contributed by atoms with van der Waals surface area (Å²) in [6.45, 7) is 7.54. The molecule has 1 aromatic rings. The molecule has 0 radical (unpaired) electrons. The molecule has 2 atom stereocenters. The number of morpholine rings is 1. The number of carbonyl (C=O) groups is 3.